The fourth-order valence-electron chi connectivity index (χ4n) is 4.17. The van der Waals surface area contributed by atoms with Gasteiger partial charge in [0.05, 0.1) is 11.4 Å². The van der Waals surface area contributed by atoms with Crippen LogP contribution in [0.5, 0.6) is 0 Å². The van der Waals surface area contributed by atoms with Crippen molar-refractivity contribution in [1.29, 1.82) is 0 Å². The first-order valence-corrected chi connectivity index (χ1v) is 11.8. The maximum atomic E-state index is 12.9. The van der Waals surface area contributed by atoms with Crippen LogP contribution in [0.3, 0.4) is 0 Å². The molecule has 5 rings (SSSR count). The molecule has 0 saturated carbocycles. The molecule has 37 heavy (non-hydrogen) atoms. The Morgan fingerprint density at radius 3 is 2.16 bits per heavy atom. The molecule has 0 aliphatic heterocycles. The summed E-state index contributed by atoms with van der Waals surface area (Å²) >= 11 is 6.42. The fourth-order valence-corrected chi connectivity index (χ4v) is 4.51. The molecule has 1 aliphatic rings. The van der Waals surface area contributed by atoms with E-state index in [-0.39, 0.29) is 33.4 Å². The molecule has 8 nitrogen and oxygen atoms in total. The van der Waals surface area contributed by atoms with E-state index in [1.54, 1.807) is 43.3 Å². The summed E-state index contributed by atoms with van der Waals surface area (Å²) < 4.78 is 6.79. The fraction of sp³-hybridized carbons (Fsp3) is 0.107. The van der Waals surface area contributed by atoms with E-state index >= 15 is 0 Å². The molecule has 1 aromatic heterocycles. The molecule has 9 heteroatoms. The molecule has 1 amide bonds. The number of carbonyl (C=O) groups excluding carboxylic acids is 4. The maximum Gasteiger partial charge on any atom is 0.344 e. The van der Waals surface area contributed by atoms with Crippen LogP contribution < -0.4 is 5.32 Å². The Balaban J connectivity index is 1.31. The third-order valence-electron chi connectivity index (χ3n) is 6.05. The zero-order valence-corrected chi connectivity index (χ0v) is 20.6. The number of esters is 1. The minimum absolute atomic E-state index is 0.0572. The number of hydrogen-bond acceptors (Lipinski definition) is 6. The average Bonchev–Trinajstić information content (AvgIpc) is 3.21. The Morgan fingerprint density at radius 2 is 1.49 bits per heavy atom. The highest BCUT2D eigenvalue weighted by Gasteiger charge is 2.30. The van der Waals surface area contributed by atoms with E-state index < -0.39 is 18.0 Å². The summed E-state index contributed by atoms with van der Waals surface area (Å²) in [5, 5.41) is 7.02. The van der Waals surface area contributed by atoms with Crippen molar-refractivity contribution in [1.82, 2.24) is 9.78 Å². The Hall–Kier alpha value is -4.56. The molecule has 4 aromatic rings. The number of benzene rings is 3. The number of anilines is 1. The van der Waals surface area contributed by atoms with Gasteiger partial charge in [0.1, 0.15) is 10.7 Å². The van der Waals surface area contributed by atoms with Crippen molar-refractivity contribution in [3.05, 3.63) is 111 Å². The highest BCUT2D eigenvalue weighted by atomic mass is 35.5. The molecule has 0 spiro atoms. The third-order valence-corrected chi connectivity index (χ3v) is 6.40. The summed E-state index contributed by atoms with van der Waals surface area (Å²) in [6.07, 6.45) is -1.18. The van der Waals surface area contributed by atoms with Gasteiger partial charge in [0.15, 0.2) is 17.7 Å². The lowest BCUT2D eigenvalue weighted by Gasteiger charge is -2.19. The van der Waals surface area contributed by atoms with Crippen molar-refractivity contribution in [3.63, 3.8) is 0 Å². The summed E-state index contributed by atoms with van der Waals surface area (Å²) in [5.74, 6) is -1.97. The van der Waals surface area contributed by atoms with Gasteiger partial charge in [-0.3, -0.25) is 14.4 Å². The van der Waals surface area contributed by atoms with Crippen LogP contribution in [0.1, 0.15) is 54.8 Å². The molecule has 3 aromatic carbocycles. The summed E-state index contributed by atoms with van der Waals surface area (Å²) in [6, 6.07) is 20.1. The van der Waals surface area contributed by atoms with Crippen LogP contribution in [-0.2, 0) is 9.53 Å². The van der Waals surface area contributed by atoms with Gasteiger partial charge in [-0.2, -0.15) is 5.10 Å². The highest BCUT2D eigenvalue weighted by molar-refractivity contribution is 6.33. The number of ketones is 2. The molecule has 1 atom stereocenters. The van der Waals surface area contributed by atoms with E-state index in [4.69, 9.17) is 16.3 Å². The molecular weight excluding hydrogens is 494 g/mol. The smallest absolute Gasteiger partial charge is 0.344 e. The largest absolute Gasteiger partial charge is 0.449 e. The van der Waals surface area contributed by atoms with Crippen molar-refractivity contribution >= 4 is 40.7 Å². The van der Waals surface area contributed by atoms with Crippen molar-refractivity contribution in [2.75, 3.05) is 5.32 Å². The summed E-state index contributed by atoms with van der Waals surface area (Å²) in [6.45, 7) is 3.04. The van der Waals surface area contributed by atoms with Crippen molar-refractivity contribution in [2.24, 2.45) is 0 Å². The number of nitrogens with zero attached hydrogens (tertiary/aromatic N) is 2. The topological polar surface area (TPSA) is 107 Å². The average molecular weight is 514 g/mol. The van der Waals surface area contributed by atoms with Gasteiger partial charge in [0.25, 0.3) is 5.91 Å². The molecule has 0 unspecified atom stereocenters. The predicted octanol–water partition coefficient (Wildman–Crippen LogP) is 4.79. The Bertz CT molecular complexity index is 1590. The van der Waals surface area contributed by atoms with E-state index in [0.29, 0.717) is 28.2 Å². The van der Waals surface area contributed by atoms with E-state index in [1.807, 2.05) is 18.2 Å². The number of amides is 1. The first-order chi connectivity index (χ1) is 17.8. The third kappa shape index (κ3) is 4.32. The number of ether oxygens (including phenoxy) is 1. The second kappa shape index (κ2) is 9.48. The maximum absolute atomic E-state index is 12.9. The SMILES string of the molecule is Cc1nn(-c2ccccc2)c(Cl)c1C(=O)O[C@@H](C)C(=O)Nc1ccc2c(c1)C(=O)c1ccccc1C2=O. The minimum Gasteiger partial charge on any atom is -0.449 e. The molecule has 0 radical (unpaired) electrons. The molecule has 1 heterocycles. The van der Waals surface area contributed by atoms with Gasteiger partial charge >= 0.3 is 5.97 Å². The molecule has 184 valence electrons. The molecule has 0 saturated heterocycles. The summed E-state index contributed by atoms with van der Waals surface area (Å²) in [5.41, 5.74) is 2.49. The van der Waals surface area contributed by atoms with E-state index in [2.05, 4.69) is 10.4 Å². The number of aromatic nitrogens is 2. The number of para-hydroxylation sites is 1. The monoisotopic (exact) mass is 513 g/mol. The van der Waals surface area contributed by atoms with Crippen LogP contribution >= 0.6 is 11.6 Å². The molecule has 1 N–H and O–H groups in total. The van der Waals surface area contributed by atoms with Gasteiger partial charge in [-0.25, -0.2) is 9.48 Å². The number of nitrogens with one attached hydrogen (secondary N) is 1. The van der Waals surface area contributed by atoms with E-state index in [1.165, 1.54) is 29.8 Å². The molecular formula is C28H20ClN3O5. The zero-order chi connectivity index (χ0) is 26.3. The van der Waals surface area contributed by atoms with Crippen LogP contribution in [0.15, 0.2) is 72.8 Å². The van der Waals surface area contributed by atoms with Crippen LogP contribution in [-0.4, -0.2) is 39.3 Å². The first kappa shape index (κ1) is 24.1. The number of fused-ring (bicyclic) bond motifs is 2. The number of rotatable bonds is 5. The second-order valence-corrected chi connectivity index (χ2v) is 8.86. The van der Waals surface area contributed by atoms with Crippen molar-refractivity contribution in [2.45, 2.75) is 20.0 Å². The summed E-state index contributed by atoms with van der Waals surface area (Å²) in [7, 11) is 0. The highest BCUT2D eigenvalue weighted by Crippen LogP contribution is 2.29. The molecule has 0 bridgehead atoms. The predicted molar refractivity (Wildman–Crippen MR) is 137 cm³/mol. The number of aryl methyl sites for hydroxylation is 1. The van der Waals surface area contributed by atoms with Crippen LogP contribution in [0.2, 0.25) is 5.15 Å². The van der Waals surface area contributed by atoms with Gasteiger partial charge < -0.3 is 10.1 Å². The number of halogens is 1. The van der Waals surface area contributed by atoms with Crippen LogP contribution in [0, 0.1) is 6.92 Å². The van der Waals surface area contributed by atoms with Crippen molar-refractivity contribution < 1.29 is 23.9 Å². The van der Waals surface area contributed by atoms with Gasteiger partial charge in [-0.1, -0.05) is 54.1 Å². The van der Waals surface area contributed by atoms with Gasteiger partial charge in [0.2, 0.25) is 0 Å². The van der Waals surface area contributed by atoms with Gasteiger partial charge in [0, 0.05) is 27.9 Å². The Kier molecular flexibility index (Phi) is 6.19. The van der Waals surface area contributed by atoms with Crippen LogP contribution in [0.4, 0.5) is 5.69 Å². The van der Waals surface area contributed by atoms with Crippen molar-refractivity contribution in [3.8, 4) is 5.69 Å². The summed E-state index contributed by atoms with van der Waals surface area (Å²) in [4.78, 5) is 51.4. The van der Waals surface area contributed by atoms with E-state index in [0.717, 1.165) is 0 Å². The van der Waals surface area contributed by atoms with Gasteiger partial charge in [-0.15, -0.1) is 0 Å². The minimum atomic E-state index is -1.18. The molecule has 1 aliphatic carbocycles. The quantitative estimate of drug-likeness (QED) is 0.338. The lowest BCUT2D eigenvalue weighted by Crippen LogP contribution is -2.30. The standard InChI is InChI=1S/C28H20ClN3O5/c1-15-23(26(29)32(31-15)18-8-4-3-5-9-18)28(36)37-16(2)27(35)30-17-12-13-21-22(14-17)25(34)20-11-7-6-10-19(20)24(21)33/h3-14,16H,1-2H3,(H,30,35)/t16-/m0/s1. The van der Waals surface area contributed by atoms with E-state index in [9.17, 15) is 19.2 Å². The van der Waals surface area contributed by atoms with Gasteiger partial charge in [-0.05, 0) is 44.2 Å². The Labute approximate surface area is 216 Å². The normalized spacial score (nSPS) is 12.9. The molecule has 0 fully saturated rings. The lowest BCUT2D eigenvalue weighted by molar-refractivity contribution is -0.123. The number of hydrogen-bond donors (Lipinski definition) is 1. The second-order valence-electron chi connectivity index (χ2n) is 8.50. The number of carbonyl (C=O) groups is 4. The van der Waals surface area contributed by atoms with Crippen LogP contribution in [0.25, 0.3) is 5.69 Å². The first-order valence-electron chi connectivity index (χ1n) is 11.4. The lowest BCUT2D eigenvalue weighted by atomic mass is 9.84. The Morgan fingerprint density at radius 1 is 0.892 bits per heavy atom. The zero-order valence-electron chi connectivity index (χ0n) is 19.8.